The predicted octanol–water partition coefficient (Wildman–Crippen LogP) is 3.13. The summed E-state index contributed by atoms with van der Waals surface area (Å²) in [6.07, 6.45) is 0. The zero-order chi connectivity index (χ0) is 14.3. The number of halogens is 1. The number of H-pyrrole nitrogens is 1. The highest BCUT2D eigenvalue weighted by molar-refractivity contribution is 6.31. The Balaban J connectivity index is 2.04. The third-order valence-electron chi connectivity index (χ3n) is 3.35. The number of oxazole rings is 1. The first-order valence-corrected chi connectivity index (χ1v) is 6.57. The second-order valence-electron chi connectivity index (χ2n) is 4.76. The smallest absolute Gasteiger partial charge is 0.408 e. The molecule has 0 amide bonds. The fourth-order valence-electron chi connectivity index (χ4n) is 2.21. The van der Waals surface area contributed by atoms with Crippen LogP contribution in [0.25, 0.3) is 11.1 Å². The predicted molar refractivity (Wildman–Crippen MR) is 79.1 cm³/mol. The fourth-order valence-corrected chi connectivity index (χ4v) is 2.33. The van der Waals surface area contributed by atoms with Crippen molar-refractivity contribution in [1.82, 2.24) is 4.98 Å². The van der Waals surface area contributed by atoms with Crippen molar-refractivity contribution in [2.75, 3.05) is 0 Å². The molecule has 3 rings (SSSR count). The number of nitrogens with two attached hydrogens (primary N) is 1. The van der Waals surface area contributed by atoms with E-state index in [9.17, 15) is 4.79 Å². The number of rotatable bonds is 2. The summed E-state index contributed by atoms with van der Waals surface area (Å²) in [4.78, 5) is 13.8. The molecule has 0 bridgehead atoms. The second kappa shape index (κ2) is 4.81. The summed E-state index contributed by atoms with van der Waals surface area (Å²) in [7, 11) is 0. The number of hydrogen-bond donors (Lipinski definition) is 2. The van der Waals surface area contributed by atoms with Gasteiger partial charge >= 0.3 is 5.76 Å². The zero-order valence-corrected chi connectivity index (χ0v) is 11.6. The van der Waals surface area contributed by atoms with Gasteiger partial charge in [0.2, 0.25) is 0 Å². The molecule has 0 spiro atoms. The maximum absolute atomic E-state index is 11.2. The number of fused-ring (bicyclic) bond motifs is 1. The van der Waals surface area contributed by atoms with Crippen LogP contribution in [0, 0.1) is 6.92 Å². The van der Waals surface area contributed by atoms with Crippen molar-refractivity contribution in [2.24, 2.45) is 5.73 Å². The van der Waals surface area contributed by atoms with Crippen molar-refractivity contribution in [3.63, 3.8) is 0 Å². The van der Waals surface area contributed by atoms with Crippen LogP contribution in [-0.2, 0) is 0 Å². The summed E-state index contributed by atoms with van der Waals surface area (Å²) in [6, 6.07) is 10.8. The maximum atomic E-state index is 11.2. The standard InChI is InChI=1S/C15H13ClN2O2/c1-8-6-9(2-4-11(8)16)14(17)10-3-5-12-13(7-10)20-15(19)18-12/h2-7,14H,17H2,1H3,(H,18,19). The molecule has 102 valence electrons. The molecule has 1 aromatic heterocycles. The molecule has 0 aliphatic rings. The van der Waals surface area contributed by atoms with Gasteiger partial charge in [-0.15, -0.1) is 0 Å². The Morgan fingerprint density at radius 2 is 1.90 bits per heavy atom. The second-order valence-corrected chi connectivity index (χ2v) is 5.16. The van der Waals surface area contributed by atoms with E-state index < -0.39 is 5.76 Å². The van der Waals surface area contributed by atoms with Crippen LogP contribution in [0.5, 0.6) is 0 Å². The van der Waals surface area contributed by atoms with E-state index in [2.05, 4.69) is 4.98 Å². The molecule has 5 heteroatoms. The van der Waals surface area contributed by atoms with Crippen LogP contribution in [0.4, 0.5) is 0 Å². The van der Waals surface area contributed by atoms with Crippen molar-refractivity contribution >= 4 is 22.7 Å². The van der Waals surface area contributed by atoms with Gasteiger partial charge in [-0.05, 0) is 41.8 Å². The van der Waals surface area contributed by atoms with Gasteiger partial charge in [0.25, 0.3) is 0 Å². The third-order valence-corrected chi connectivity index (χ3v) is 3.77. The van der Waals surface area contributed by atoms with E-state index in [0.717, 1.165) is 16.7 Å². The first kappa shape index (κ1) is 13.0. The first-order valence-electron chi connectivity index (χ1n) is 6.19. The highest BCUT2D eigenvalue weighted by Gasteiger charge is 2.12. The maximum Gasteiger partial charge on any atom is 0.417 e. The van der Waals surface area contributed by atoms with Crippen molar-refractivity contribution in [3.05, 3.63) is 68.7 Å². The molecule has 1 atom stereocenters. The van der Waals surface area contributed by atoms with E-state index >= 15 is 0 Å². The highest BCUT2D eigenvalue weighted by Crippen LogP contribution is 2.25. The Morgan fingerprint density at radius 1 is 1.20 bits per heavy atom. The number of aromatic nitrogens is 1. The van der Waals surface area contributed by atoms with Crippen LogP contribution in [0.3, 0.4) is 0 Å². The summed E-state index contributed by atoms with van der Waals surface area (Å²) in [5.74, 6) is -0.465. The van der Waals surface area contributed by atoms with Crippen molar-refractivity contribution in [3.8, 4) is 0 Å². The molecule has 0 saturated carbocycles. The van der Waals surface area contributed by atoms with Gasteiger partial charge in [0.05, 0.1) is 11.6 Å². The van der Waals surface area contributed by atoms with Gasteiger partial charge in [-0.1, -0.05) is 29.8 Å². The van der Waals surface area contributed by atoms with Gasteiger partial charge in [-0.3, -0.25) is 4.98 Å². The monoisotopic (exact) mass is 288 g/mol. The largest absolute Gasteiger partial charge is 0.417 e. The quantitative estimate of drug-likeness (QED) is 0.761. The molecule has 2 aromatic carbocycles. The molecule has 3 N–H and O–H groups in total. The van der Waals surface area contributed by atoms with Gasteiger partial charge < -0.3 is 10.2 Å². The Labute approximate surface area is 120 Å². The van der Waals surface area contributed by atoms with Gasteiger partial charge in [-0.25, -0.2) is 4.79 Å². The van der Waals surface area contributed by atoms with Crippen LogP contribution in [0.2, 0.25) is 5.02 Å². The summed E-state index contributed by atoms with van der Waals surface area (Å²) in [6.45, 7) is 1.94. The lowest BCUT2D eigenvalue weighted by atomic mass is 9.98. The molecule has 1 heterocycles. The average molecular weight is 289 g/mol. The number of nitrogens with one attached hydrogen (secondary N) is 1. The lowest BCUT2D eigenvalue weighted by molar-refractivity contribution is 0.555. The molecule has 0 fully saturated rings. The average Bonchev–Trinajstić information content (AvgIpc) is 2.80. The van der Waals surface area contributed by atoms with E-state index in [1.54, 1.807) is 12.1 Å². The molecular weight excluding hydrogens is 276 g/mol. The number of aryl methyl sites for hydroxylation is 1. The third kappa shape index (κ3) is 2.24. The zero-order valence-electron chi connectivity index (χ0n) is 10.8. The Bertz CT molecular complexity index is 835. The molecule has 20 heavy (non-hydrogen) atoms. The molecule has 0 saturated heterocycles. The van der Waals surface area contributed by atoms with Gasteiger partial charge in [0.1, 0.15) is 0 Å². The van der Waals surface area contributed by atoms with Gasteiger partial charge in [-0.2, -0.15) is 0 Å². The molecule has 3 aromatic rings. The fraction of sp³-hybridized carbons (Fsp3) is 0.133. The van der Waals surface area contributed by atoms with E-state index in [1.807, 2.05) is 31.2 Å². The minimum atomic E-state index is -0.465. The normalized spacial score (nSPS) is 12.8. The van der Waals surface area contributed by atoms with Crippen LogP contribution in [0.1, 0.15) is 22.7 Å². The van der Waals surface area contributed by atoms with E-state index in [0.29, 0.717) is 16.1 Å². The summed E-state index contributed by atoms with van der Waals surface area (Å²) in [5, 5.41) is 0.716. The Kier molecular flexibility index (Phi) is 3.12. The Morgan fingerprint density at radius 3 is 2.65 bits per heavy atom. The summed E-state index contributed by atoms with van der Waals surface area (Å²) in [5.41, 5.74) is 10.3. The topological polar surface area (TPSA) is 72.0 Å². The number of hydrogen-bond acceptors (Lipinski definition) is 3. The Hall–Kier alpha value is -2.04. The number of aromatic amines is 1. The van der Waals surface area contributed by atoms with Gasteiger partial charge in [0, 0.05) is 5.02 Å². The van der Waals surface area contributed by atoms with E-state index in [4.69, 9.17) is 21.8 Å². The van der Waals surface area contributed by atoms with Crippen molar-refractivity contribution in [2.45, 2.75) is 13.0 Å². The lowest BCUT2D eigenvalue weighted by Crippen LogP contribution is -2.11. The number of benzene rings is 2. The van der Waals surface area contributed by atoms with E-state index in [1.165, 1.54) is 0 Å². The summed E-state index contributed by atoms with van der Waals surface area (Å²) >= 11 is 6.02. The van der Waals surface area contributed by atoms with Crippen LogP contribution < -0.4 is 11.5 Å². The molecule has 4 nitrogen and oxygen atoms in total. The molecule has 1 unspecified atom stereocenters. The minimum Gasteiger partial charge on any atom is -0.408 e. The minimum absolute atomic E-state index is 0.296. The van der Waals surface area contributed by atoms with Gasteiger partial charge in [0.15, 0.2) is 5.58 Å². The van der Waals surface area contributed by atoms with Crippen LogP contribution >= 0.6 is 11.6 Å². The molecule has 0 radical (unpaired) electrons. The van der Waals surface area contributed by atoms with Crippen molar-refractivity contribution < 1.29 is 4.42 Å². The first-order chi connectivity index (χ1) is 9.54. The molecule has 0 aliphatic carbocycles. The molecule has 0 aliphatic heterocycles. The van der Waals surface area contributed by atoms with Crippen molar-refractivity contribution in [1.29, 1.82) is 0 Å². The molecular formula is C15H13ClN2O2. The summed E-state index contributed by atoms with van der Waals surface area (Å²) < 4.78 is 5.05. The van der Waals surface area contributed by atoms with Crippen LogP contribution in [0.15, 0.2) is 45.6 Å². The van der Waals surface area contributed by atoms with E-state index in [-0.39, 0.29) is 6.04 Å². The lowest BCUT2D eigenvalue weighted by Gasteiger charge is -2.13. The SMILES string of the molecule is Cc1cc(C(N)c2ccc3[nH]c(=O)oc3c2)ccc1Cl. The highest BCUT2D eigenvalue weighted by atomic mass is 35.5. The van der Waals surface area contributed by atoms with Crippen LogP contribution in [-0.4, -0.2) is 4.98 Å².